The lowest BCUT2D eigenvalue weighted by atomic mass is 10.0. The molecule has 216 valence electrons. The van der Waals surface area contributed by atoms with Crippen molar-refractivity contribution in [1.29, 1.82) is 0 Å². The predicted molar refractivity (Wildman–Crippen MR) is 152 cm³/mol. The number of carbonyl (C=O) groups excluding carboxylic acids is 1. The molecule has 2 aliphatic rings. The summed E-state index contributed by atoms with van der Waals surface area (Å²) in [6.07, 6.45) is -3.10. The highest BCUT2D eigenvalue weighted by Gasteiger charge is 2.30. The molecule has 0 unspecified atom stereocenters. The number of nitrogens with zero attached hydrogens (tertiary/aromatic N) is 3. The minimum atomic E-state index is -4.37. The summed E-state index contributed by atoms with van der Waals surface area (Å²) in [5.74, 6) is 0. The fourth-order valence-corrected chi connectivity index (χ4v) is 5.60. The van der Waals surface area contributed by atoms with Gasteiger partial charge in [0.2, 0.25) is 0 Å². The van der Waals surface area contributed by atoms with E-state index in [1.807, 2.05) is 18.2 Å². The van der Waals surface area contributed by atoms with Crippen LogP contribution in [0.25, 0.3) is 22.2 Å². The third kappa shape index (κ3) is 6.90. The van der Waals surface area contributed by atoms with E-state index in [-0.39, 0.29) is 12.1 Å². The Hall–Kier alpha value is -3.24. The summed E-state index contributed by atoms with van der Waals surface area (Å²) in [5, 5.41) is 3.55. The Bertz CT molecular complexity index is 1290. The van der Waals surface area contributed by atoms with Crippen molar-refractivity contribution >= 4 is 22.7 Å². The van der Waals surface area contributed by atoms with Gasteiger partial charge in [0.25, 0.3) is 0 Å². The van der Waals surface area contributed by atoms with Gasteiger partial charge in [0, 0.05) is 80.2 Å². The van der Waals surface area contributed by atoms with Crippen molar-refractivity contribution in [2.45, 2.75) is 44.9 Å². The summed E-state index contributed by atoms with van der Waals surface area (Å²) in [6, 6.07) is 14.2. The van der Waals surface area contributed by atoms with Crippen molar-refractivity contribution in [1.82, 2.24) is 20.1 Å². The Kier molecular flexibility index (Phi) is 8.56. The van der Waals surface area contributed by atoms with E-state index in [4.69, 9.17) is 4.74 Å². The van der Waals surface area contributed by atoms with Gasteiger partial charge in [-0.2, -0.15) is 13.2 Å². The van der Waals surface area contributed by atoms with Gasteiger partial charge < -0.3 is 19.9 Å². The minimum absolute atomic E-state index is 0.0676. The van der Waals surface area contributed by atoms with E-state index >= 15 is 0 Å². The minimum Gasteiger partial charge on any atom is -0.448 e. The number of amides is 1. The predicted octanol–water partition coefficient (Wildman–Crippen LogP) is 5.57. The van der Waals surface area contributed by atoms with Gasteiger partial charge in [-0.15, -0.1) is 0 Å². The zero-order valence-corrected chi connectivity index (χ0v) is 23.1. The second-order valence-electron chi connectivity index (χ2n) is 11.0. The number of carbonyl (C=O) groups is 1. The summed E-state index contributed by atoms with van der Waals surface area (Å²) in [5.41, 5.74) is 2.75. The normalized spacial score (nSPS) is 18.0. The molecule has 1 aromatic heterocycles. The number of alkyl halides is 3. The Morgan fingerprint density at radius 2 is 1.77 bits per heavy atom. The van der Waals surface area contributed by atoms with Crippen molar-refractivity contribution in [3.63, 3.8) is 0 Å². The molecule has 0 aliphatic carbocycles. The molecule has 5 rings (SSSR count). The van der Waals surface area contributed by atoms with E-state index in [2.05, 4.69) is 44.9 Å². The number of H-pyrrole nitrogens is 1. The molecular formula is C30H38F3N5O2. The molecule has 7 nitrogen and oxygen atoms in total. The van der Waals surface area contributed by atoms with Crippen LogP contribution in [0.5, 0.6) is 0 Å². The third-order valence-corrected chi connectivity index (χ3v) is 8.07. The molecule has 1 amide bonds. The molecule has 0 saturated carbocycles. The zero-order chi connectivity index (χ0) is 28.3. The van der Waals surface area contributed by atoms with Gasteiger partial charge in [-0.05, 0) is 68.7 Å². The third-order valence-electron chi connectivity index (χ3n) is 8.07. The number of fused-ring (bicyclic) bond motifs is 1. The molecule has 2 aliphatic heterocycles. The van der Waals surface area contributed by atoms with Gasteiger partial charge in [-0.3, -0.25) is 9.80 Å². The lowest BCUT2D eigenvalue weighted by Gasteiger charge is -2.36. The first-order valence-corrected chi connectivity index (χ1v) is 14.1. The number of piperazine rings is 1. The number of aromatic nitrogens is 1. The number of rotatable bonds is 7. The summed E-state index contributed by atoms with van der Waals surface area (Å²) < 4.78 is 44.8. The summed E-state index contributed by atoms with van der Waals surface area (Å²) >= 11 is 0. The van der Waals surface area contributed by atoms with Crippen molar-refractivity contribution in [3.8, 4) is 11.3 Å². The van der Waals surface area contributed by atoms with Crippen LogP contribution in [0, 0.1) is 0 Å². The average molecular weight is 558 g/mol. The number of hydrogen-bond acceptors (Lipinski definition) is 5. The zero-order valence-electron chi connectivity index (χ0n) is 23.1. The van der Waals surface area contributed by atoms with E-state index in [1.165, 1.54) is 12.1 Å². The molecule has 2 N–H and O–H groups in total. The Morgan fingerprint density at radius 3 is 2.48 bits per heavy atom. The molecule has 0 bridgehead atoms. The van der Waals surface area contributed by atoms with Crippen molar-refractivity contribution in [3.05, 3.63) is 54.1 Å². The molecule has 0 spiro atoms. The summed E-state index contributed by atoms with van der Waals surface area (Å²) in [4.78, 5) is 22.7. The number of hydrogen-bond donors (Lipinski definition) is 2. The van der Waals surface area contributed by atoms with Gasteiger partial charge in [-0.1, -0.05) is 12.1 Å². The number of anilines is 1. The van der Waals surface area contributed by atoms with Crippen molar-refractivity contribution in [2.24, 2.45) is 0 Å². The number of ether oxygens (including phenoxy) is 1. The van der Waals surface area contributed by atoms with Gasteiger partial charge in [0.05, 0.1) is 5.56 Å². The lowest BCUT2D eigenvalue weighted by Crippen LogP contribution is -2.49. The van der Waals surface area contributed by atoms with Crippen LogP contribution in [-0.4, -0.2) is 85.4 Å². The maximum absolute atomic E-state index is 13.1. The van der Waals surface area contributed by atoms with Crippen LogP contribution < -0.4 is 10.2 Å². The first-order chi connectivity index (χ1) is 19.2. The van der Waals surface area contributed by atoms with E-state index < -0.39 is 11.7 Å². The largest absolute Gasteiger partial charge is 0.448 e. The second-order valence-corrected chi connectivity index (χ2v) is 11.0. The quantitative estimate of drug-likeness (QED) is 0.398. The first-order valence-electron chi connectivity index (χ1n) is 14.1. The molecule has 10 heteroatoms. The number of alkyl carbamates (subject to hydrolysis) is 1. The van der Waals surface area contributed by atoms with Crippen LogP contribution >= 0.6 is 0 Å². The number of piperidine rings is 1. The van der Waals surface area contributed by atoms with Crippen molar-refractivity contribution in [2.75, 3.05) is 57.3 Å². The highest BCUT2D eigenvalue weighted by atomic mass is 19.4. The Balaban J connectivity index is 1.09. The van der Waals surface area contributed by atoms with E-state index in [0.717, 1.165) is 81.7 Å². The average Bonchev–Trinajstić information content (AvgIpc) is 3.37. The molecule has 3 heterocycles. The highest BCUT2D eigenvalue weighted by molar-refractivity contribution is 5.87. The molecular weight excluding hydrogens is 519 g/mol. The molecule has 0 atom stereocenters. The van der Waals surface area contributed by atoms with Crippen LogP contribution in [0.3, 0.4) is 0 Å². The van der Waals surface area contributed by atoms with Crippen molar-refractivity contribution < 1.29 is 22.7 Å². The number of nitrogens with one attached hydrogen (secondary N) is 2. The smallest absolute Gasteiger partial charge is 0.416 e. The first kappa shape index (κ1) is 28.3. The van der Waals surface area contributed by atoms with Crippen LogP contribution in [0.15, 0.2) is 48.5 Å². The maximum Gasteiger partial charge on any atom is 0.416 e. The van der Waals surface area contributed by atoms with Gasteiger partial charge >= 0.3 is 12.3 Å². The summed E-state index contributed by atoms with van der Waals surface area (Å²) in [7, 11) is 0. The molecule has 40 heavy (non-hydrogen) atoms. The second kappa shape index (κ2) is 12.1. The Labute approximate surface area is 233 Å². The van der Waals surface area contributed by atoms with E-state index in [0.29, 0.717) is 23.6 Å². The number of halogens is 3. The fourth-order valence-electron chi connectivity index (χ4n) is 5.60. The van der Waals surface area contributed by atoms with Crippen LogP contribution in [0.4, 0.5) is 23.7 Å². The van der Waals surface area contributed by atoms with E-state index in [1.54, 1.807) is 6.07 Å². The highest BCUT2D eigenvalue weighted by Crippen LogP contribution is 2.34. The molecule has 3 aromatic rings. The lowest BCUT2D eigenvalue weighted by molar-refractivity contribution is -0.137. The van der Waals surface area contributed by atoms with Crippen LogP contribution in [0.2, 0.25) is 0 Å². The fraction of sp³-hybridized carbons (Fsp3) is 0.500. The topological polar surface area (TPSA) is 63.8 Å². The van der Waals surface area contributed by atoms with Crippen LogP contribution in [0.1, 0.15) is 32.3 Å². The number of benzene rings is 2. The number of aromatic amines is 1. The Morgan fingerprint density at radius 1 is 1.02 bits per heavy atom. The SMILES string of the molecule is CC(C)N1CCN(CCOC(=O)NC2CCN(c3cccc(-c4cc5cc(C(F)(F)F)ccc5[nH]4)c3)CC2)CC1. The molecule has 2 fully saturated rings. The van der Waals surface area contributed by atoms with Gasteiger partial charge in [-0.25, -0.2) is 4.79 Å². The molecule has 2 aromatic carbocycles. The van der Waals surface area contributed by atoms with E-state index in [9.17, 15) is 18.0 Å². The standard InChI is InChI=1S/C30H38F3N5O2/c1-21(2)37-14-12-36(13-15-37)16-17-40-29(39)34-25-8-10-38(11-9-25)26-5-3-4-22(19-26)28-20-23-18-24(30(31,32)33)6-7-27(23)35-28/h3-7,18-21,25,35H,8-17H2,1-2H3,(H,34,39). The van der Waals surface area contributed by atoms with Gasteiger partial charge in [0.15, 0.2) is 0 Å². The monoisotopic (exact) mass is 557 g/mol. The maximum atomic E-state index is 13.1. The van der Waals surface area contributed by atoms with Crippen LogP contribution in [-0.2, 0) is 10.9 Å². The molecule has 2 saturated heterocycles. The van der Waals surface area contributed by atoms with Gasteiger partial charge in [0.1, 0.15) is 6.61 Å². The molecule has 0 radical (unpaired) electrons. The summed E-state index contributed by atoms with van der Waals surface area (Å²) in [6.45, 7) is 11.3.